The Labute approximate surface area is 114 Å². The lowest BCUT2D eigenvalue weighted by molar-refractivity contribution is 0.526. The number of hydrogen-bond donors (Lipinski definition) is 0. The third-order valence-electron chi connectivity index (χ3n) is 3.12. The van der Waals surface area contributed by atoms with Gasteiger partial charge >= 0.3 is 0 Å². The zero-order valence-corrected chi connectivity index (χ0v) is 10.9. The maximum Gasteiger partial charge on any atom is 0.0991 e. The van der Waals surface area contributed by atoms with Gasteiger partial charge in [0.25, 0.3) is 0 Å². The molecule has 0 saturated heterocycles. The number of nitriles is 1. The van der Waals surface area contributed by atoms with Crippen molar-refractivity contribution in [1.82, 2.24) is 4.90 Å². The van der Waals surface area contributed by atoms with E-state index in [1.165, 1.54) is 0 Å². The summed E-state index contributed by atoms with van der Waals surface area (Å²) in [6.07, 6.45) is 9.36. The van der Waals surface area contributed by atoms with Gasteiger partial charge in [-0.2, -0.15) is 5.26 Å². The van der Waals surface area contributed by atoms with Gasteiger partial charge in [-0.05, 0) is 36.8 Å². The number of rotatable bonds is 2. The second-order valence-electron chi connectivity index (χ2n) is 4.16. The minimum atomic E-state index is 0.655. The normalized spacial score (nSPS) is 14.3. The summed E-state index contributed by atoms with van der Waals surface area (Å²) in [6, 6.07) is 9.62. The lowest BCUT2D eigenvalue weighted by atomic mass is 10.0. The Kier molecular flexibility index (Phi) is 3.55. The molecule has 0 fully saturated rings. The molecule has 0 aliphatic carbocycles. The molecule has 1 aromatic rings. The number of terminal acetylenes is 1. The number of nitrogens with zero attached hydrogens (tertiary/aromatic N) is 2. The van der Waals surface area contributed by atoms with Crippen LogP contribution in [0.25, 0.3) is 5.70 Å². The predicted octanol–water partition coefficient (Wildman–Crippen LogP) is 3.31. The average Bonchev–Trinajstić information content (AvgIpc) is 2.47. The Balaban J connectivity index is 2.45. The number of allylic oxidation sites excluding steroid dienone is 3. The molecule has 0 saturated carbocycles. The Bertz CT molecular complexity index is 646. The van der Waals surface area contributed by atoms with Crippen LogP contribution < -0.4 is 0 Å². The molecule has 0 amide bonds. The summed E-state index contributed by atoms with van der Waals surface area (Å²) in [5, 5.41) is 8.82. The summed E-state index contributed by atoms with van der Waals surface area (Å²) in [5.74, 6) is 2.64. The van der Waals surface area contributed by atoms with E-state index in [-0.39, 0.29) is 0 Å². The molecule has 0 atom stereocenters. The van der Waals surface area contributed by atoms with E-state index in [4.69, 9.17) is 11.7 Å². The van der Waals surface area contributed by atoms with Crippen molar-refractivity contribution in [2.45, 2.75) is 6.92 Å². The molecule has 1 heterocycles. The van der Waals surface area contributed by atoms with Gasteiger partial charge in [0.05, 0.1) is 11.6 Å². The van der Waals surface area contributed by atoms with Crippen LogP contribution in [0.5, 0.6) is 0 Å². The molecular weight excluding hydrogens is 232 g/mol. The third kappa shape index (κ3) is 2.30. The summed E-state index contributed by atoms with van der Waals surface area (Å²) < 4.78 is 0. The predicted molar refractivity (Wildman–Crippen MR) is 77.6 cm³/mol. The first-order valence-corrected chi connectivity index (χ1v) is 6.07. The number of hydrogen-bond acceptors (Lipinski definition) is 2. The van der Waals surface area contributed by atoms with Gasteiger partial charge in [-0.15, -0.1) is 6.42 Å². The molecule has 0 unspecified atom stereocenters. The van der Waals surface area contributed by atoms with Gasteiger partial charge in [-0.3, -0.25) is 0 Å². The fourth-order valence-electron chi connectivity index (χ4n) is 2.10. The van der Waals surface area contributed by atoms with E-state index in [1.54, 1.807) is 0 Å². The van der Waals surface area contributed by atoms with Crippen LogP contribution in [0, 0.1) is 23.7 Å². The molecule has 1 aliphatic rings. The second-order valence-corrected chi connectivity index (χ2v) is 4.16. The zero-order valence-electron chi connectivity index (χ0n) is 10.9. The van der Waals surface area contributed by atoms with E-state index in [0.29, 0.717) is 5.56 Å². The van der Waals surface area contributed by atoms with Crippen molar-refractivity contribution < 1.29 is 0 Å². The summed E-state index contributed by atoms with van der Waals surface area (Å²) >= 11 is 0. The molecule has 0 spiro atoms. The highest BCUT2D eigenvalue weighted by molar-refractivity contribution is 5.72. The van der Waals surface area contributed by atoms with Crippen molar-refractivity contribution in [2.24, 2.45) is 0 Å². The van der Waals surface area contributed by atoms with Crippen molar-refractivity contribution in [2.75, 3.05) is 6.54 Å². The maximum atomic E-state index is 8.82. The molecule has 19 heavy (non-hydrogen) atoms. The topological polar surface area (TPSA) is 27.0 Å². The van der Waals surface area contributed by atoms with Gasteiger partial charge in [0, 0.05) is 23.5 Å². The maximum absolute atomic E-state index is 8.82. The smallest absolute Gasteiger partial charge is 0.0991 e. The number of benzene rings is 1. The van der Waals surface area contributed by atoms with E-state index < -0.39 is 0 Å². The first-order chi connectivity index (χ1) is 9.21. The van der Waals surface area contributed by atoms with Crippen molar-refractivity contribution in [1.29, 1.82) is 5.26 Å². The van der Waals surface area contributed by atoms with Gasteiger partial charge in [0.2, 0.25) is 0 Å². The molecule has 1 aromatic carbocycles. The van der Waals surface area contributed by atoms with Crippen molar-refractivity contribution in [3.8, 4) is 18.4 Å². The van der Waals surface area contributed by atoms with Gasteiger partial charge in [0.15, 0.2) is 0 Å². The van der Waals surface area contributed by atoms with E-state index in [2.05, 4.69) is 30.4 Å². The highest BCUT2D eigenvalue weighted by atomic mass is 15.1. The monoisotopic (exact) mass is 246 g/mol. The summed E-state index contributed by atoms with van der Waals surface area (Å²) in [6.45, 7) is 6.90. The molecular formula is C17H14N2. The minimum Gasteiger partial charge on any atom is -0.341 e. The standard InChI is InChI=1S/C17H14N2/c1-4-15-10-11-17(19(5-2)13(15)3)16-8-6-14(12-18)7-9-16/h1,6-11H,3,5H2,2H3. The largest absolute Gasteiger partial charge is 0.341 e. The van der Waals surface area contributed by atoms with Gasteiger partial charge in [-0.25, -0.2) is 0 Å². The van der Waals surface area contributed by atoms with Crippen LogP contribution in [0.2, 0.25) is 0 Å². The Morgan fingerprint density at radius 2 is 1.95 bits per heavy atom. The summed E-state index contributed by atoms with van der Waals surface area (Å²) in [4.78, 5) is 2.08. The van der Waals surface area contributed by atoms with Crippen LogP contribution in [0.4, 0.5) is 0 Å². The molecule has 2 nitrogen and oxygen atoms in total. The van der Waals surface area contributed by atoms with E-state index in [0.717, 1.165) is 29.1 Å². The van der Waals surface area contributed by atoms with Crippen LogP contribution in [-0.4, -0.2) is 11.4 Å². The first-order valence-electron chi connectivity index (χ1n) is 6.07. The molecule has 2 heteroatoms. The number of likely N-dealkylation sites (N-methyl/N-ethyl adjacent to an activating group) is 1. The fraction of sp³-hybridized carbons (Fsp3) is 0.118. The lowest BCUT2D eigenvalue weighted by Crippen LogP contribution is -2.23. The Hall–Kier alpha value is -2.71. The van der Waals surface area contributed by atoms with Crippen molar-refractivity contribution in [3.05, 3.63) is 65.4 Å². The molecule has 92 valence electrons. The molecule has 1 aliphatic heterocycles. The highest BCUT2D eigenvalue weighted by Gasteiger charge is 2.18. The van der Waals surface area contributed by atoms with Gasteiger partial charge in [0.1, 0.15) is 0 Å². The van der Waals surface area contributed by atoms with E-state index >= 15 is 0 Å². The molecule has 2 rings (SSSR count). The average molecular weight is 246 g/mol. The SMILES string of the molecule is C#CC1=CC=C(c2ccc(C#N)cc2)N(CC)C1=C. The van der Waals surface area contributed by atoms with Crippen molar-refractivity contribution in [3.63, 3.8) is 0 Å². The van der Waals surface area contributed by atoms with Crippen LogP contribution in [0.1, 0.15) is 18.1 Å². The molecule has 0 aromatic heterocycles. The third-order valence-corrected chi connectivity index (χ3v) is 3.12. The quantitative estimate of drug-likeness (QED) is 0.749. The summed E-state index contributed by atoms with van der Waals surface area (Å²) in [7, 11) is 0. The van der Waals surface area contributed by atoms with Gasteiger partial charge < -0.3 is 4.90 Å². The highest BCUT2D eigenvalue weighted by Crippen LogP contribution is 2.30. The van der Waals surface area contributed by atoms with Crippen LogP contribution in [0.15, 0.2) is 54.3 Å². The second kappa shape index (κ2) is 5.29. The Morgan fingerprint density at radius 1 is 1.26 bits per heavy atom. The van der Waals surface area contributed by atoms with Crippen LogP contribution in [0.3, 0.4) is 0 Å². The molecule has 0 bridgehead atoms. The minimum absolute atomic E-state index is 0.655. The lowest BCUT2D eigenvalue weighted by Gasteiger charge is -2.30. The van der Waals surface area contributed by atoms with Crippen molar-refractivity contribution >= 4 is 5.70 Å². The Morgan fingerprint density at radius 3 is 2.47 bits per heavy atom. The fourth-order valence-corrected chi connectivity index (χ4v) is 2.10. The zero-order chi connectivity index (χ0) is 13.8. The first kappa shape index (κ1) is 12.7. The summed E-state index contributed by atoms with van der Waals surface area (Å²) in [5.41, 5.74) is 4.40. The van der Waals surface area contributed by atoms with Crippen LogP contribution >= 0.6 is 0 Å². The van der Waals surface area contributed by atoms with Gasteiger partial charge in [-0.1, -0.05) is 24.6 Å². The van der Waals surface area contributed by atoms with E-state index in [9.17, 15) is 0 Å². The van der Waals surface area contributed by atoms with E-state index in [1.807, 2.05) is 36.4 Å². The van der Waals surface area contributed by atoms with Crippen LogP contribution in [-0.2, 0) is 0 Å². The molecule has 0 N–H and O–H groups in total. The molecule has 0 radical (unpaired) electrons.